The van der Waals surface area contributed by atoms with Gasteiger partial charge in [0.1, 0.15) is 12.3 Å². The van der Waals surface area contributed by atoms with Gasteiger partial charge in [-0.25, -0.2) is 5.01 Å². The highest BCUT2D eigenvalue weighted by Gasteiger charge is 2.43. The summed E-state index contributed by atoms with van der Waals surface area (Å²) in [5.74, 6) is -1.41. The lowest BCUT2D eigenvalue weighted by Crippen LogP contribution is -2.56. The number of methoxy groups -OCH3 is 1. The van der Waals surface area contributed by atoms with E-state index >= 15 is 0 Å². The molecule has 2 aliphatic rings. The van der Waals surface area contributed by atoms with Crippen LogP contribution in [0.2, 0.25) is 5.02 Å². The number of alkyl halides is 3. The normalized spacial score (nSPS) is 16.8. The summed E-state index contributed by atoms with van der Waals surface area (Å²) in [7, 11) is 1.46. The predicted molar refractivity (Wildman–Crippen MR) is 160 cm³/mol. The monoisotopic (exact) mass is 613 g/mol. The number of carbonyl (C=O) groups is 2. The molecule has 1 atom stereocenters. The van der Waals surface area contributed by atoms with Crippen molar-refractivity contribution in [2.24, 2.45) is 0 Å². The van der Waals surface area contributed by atoms with Gasteiger partial charge in [-0.2, -0.15) is 13.2 Å². The number of carbonyl (C=O) groups excluding carboxylic acids is 2. The van der Waals surface area contributed by atoms with Crippen molar-refractivity contribution in [1.29, 1.82) is 0 Å². The zero-order chi connectivity index (χ0) is 30.7. The minimum absolute atomic E-state index is 0.179. The Labute approximate surface area is 254 Å². The fourth-order valence-corrected chi connectivity index (χ4v) is 6.36. The molecular weight excluding hydrogens is 579 g/mol. The Balaban J connectivity index is 1.38. The van der Waals surface area contributed by atoms with Crippen molar-refractivity contribution in [3.05, 3.63) is 87.9 Å². The molecular formula is C33H35ClF3N3O3. The number of halogens is 4. The molecule has 1 aliphatic heterocycles. The number of hydrogen-bond donors (Lipinski definition) is 1. The van der Waals surface area contributed by atoms with Crippen molar-refractivity contribution in [2.75, 3.05) is 26.7 Å². The molecule has 228 valence electrons. The number of benzene rings is 3. The van der Waals surface area contributed by atoms with Gasteiger partial charge in [0.05, 0.1) is 18.6 Å². The molecule has 1 unspecified atom stereocenters. The maximum absolute atomic E-state index is 14.3. The lowest BCUT2D eigenvalue weighted by Gasteiger charge is -2.41. The van der Waals surface area contributed by atoms with E-state index < -0.39 is 24.5 Å². The second-order valence-electron chi connectivity index (χ2n) is 11.1. The lowest BCUT2D eigenvalue weighted by molar-refractivity contribution is -0.194. The van der Waals surface area contributed by atoms with Gasteiger partial charge < -0.3 is 10.1 Å². The highest BCUT2D eigenvalue weighted by molar-refractivity contribution is 6.31. The first-order valence-corrected chi connectivity index (χ1v) is 15.0. The maximum Gasteiger partial charge on any atom is 0.407 e. The van der Waals surface area contributed by atoms with Gasteiger partial charge in [-0.05, 0) is 71.7 Å². The van der Waals surface area contributed by atoms with Gasteiger partial charge in [0.15, 0.2) is 0 Å². The number of hydrogen-bond acceptors (Lipinski definition) is 4. The standard InChI is InChI=1S/C33H35ClF3N3O3/c1-3-4-8-21-9-7-12-25-24-10-5-6-11-26(24)30(29(21)25)32(42)40(20-33(35,36)37)39-17-15-23(16-18-39)38-31(41)27-19-22(34)13-14-28(27)43-2/h5-7,9-14,19,23,30H,3-4,8,15-18,20H2,1-2H3,(H,38,41). The Morgan fingerprint density at radius 2 is 1.77 bits per heavy atom. The van der Waals surface area contributed by atoms with E-state index in [-0.39, 0.29) is 30.6 Å². The topological polar surface area (TPSA) is 61.9 Å². The van der Waals surface area contributed by atoms with Crippen molar-refractivity contribution in [3.8, 4) is 16.9 Å². The van der Waals surface area contributed by atoms with E-state index in [2.05, 4.69) is 12.2 Å². The summed E-state index contributed by atoms with van der Waals surface area (Å²) in [6, 6.07) is 17.8. The fraction of sp³-hybridized carbons (Fsp3) is 0.394. The smallest absolute Gasteiger partial charge is 0.407 e. The summed E-state index contributed by atoms with van der Waals surface area (Å²) in [5.41, 5.74) is 4.62. The number of rotatable bonds is 9. The number of unbranched alkanes of at least 4 members (excludes halogenated alkanes) is 1. The molecule has 1 saturated heterocycles. The number of hydrazine groups is 1. The largest absolute Gasteiger partial charge is 0.496 e. The summed E-state index contributed by atoms with van der Waals surface area (Å²) in [6.45, 7) is 1.06. The Morgan fingerprint density at radius 3 is 2.47 bits per heavy atom. The summed E-state index contributed by atoms with van der Waals surface area (Å²) in [4.78, 5) is 27.3. The minimum atomic E-state index is -4.59. The molecule has 0 radical (unpaired) electrons. The van der Waals surface area contributed by atoms with Gasteiger partial charge in [0.2, 0.25) is 5.91 Å². The molecule has 3 aromatic carbocycles. The maximum atomic E-state index is 14.3. The third-order valence-electron chi connectivity index (χ3n) is 8.23. The Kier molecular flexibility index (Phi) is 9.32. The summed E-state index contributed by atoms with van der Waals surface area (Å²) in [5, 5.41) is 5.72. The van der Waals surface area contributed by atoms with Crippen LogP contribution in [0.1, 0.15) is 65.6 Å². The van der Waals surface area contributed by atoms with Crippen LogP contribution in [-0.2, 0) is 11.2 Å². The Hall–Kier alpha value is -3.56. The van der Waals surface area contributed by atoms with E-state index in [1.807, 2.05) is 42.5 Å². The van der Waals surface area contributed by atoms with E-state index in [4.69, 9.17) is 16.3 Å². The molecule has 1 fully saturated rings. The molecule has 0 bridgehead atoms. The van der Waals surface area contributed by atoms with Gasteiger partial charge in [0, 0.05) is 24.2 Å². The molecule has 0 aromatic heterocycles. The van der Waals surface area contributed by atoms with Crippen molar-refractivity contribution in [2.45, 2.75) is 57.2 Å². The van der Waals surface area contributed by atoms with Crippen LogP contribution < -0.4 is 10.1 Å². The second-order valence-corrected chi connectivity index (χ2v) is 11.5. The number of ether oxygens (including phenoxy) is 1. The third-order valence-corrected chi connectivity index (χ3v) is 8.47. The minimum Gasteiger partial charge on any atom is -0.496 e. The number of aryl methyl sites for hydroxylation is 1. The predicted octanol–water partition coefficient (Wildman–Crippen LogP) is 7.00. The van der Waals surface area contributed by atoms with E-state index in [1.54, 1.807) is 12.1 Å². The van der Waals surface area contributed by atoms with Crippen molar-refractivity contribution >= 4 is 23.4 Å². The first-order valence-electron chi connectivity index (χ1n) is 14.6. The number of nitrogens with one attached hydrogen (secondary N) is 1. The van der Waals surface area contributed by atoms with Crippen LogP contribution in [-0.4, -0.2) is 60.8 Å². The second kappa shape index (κ2) is 13.0. The van der Waals surface area contributed by atoms with Gasteiger partial charge >= 0.3 is 6.18 Å². The summed E-state index contributed by atoms with van der Waals surface area (Å²) in [6.07, 6.45) is -1.22. The van der Waals surface area contributed by atoms with Crippen LogP contribution in [0.4, 0.5) is 13.2 Å². The average Bonchev–Trinajstić information content (AvgIpc) is 3.33. The molecule has 5 rings (SSSR count). The average molecular weight is 614 g/mol. The SMILES string of the molecule is CCCCc1cccc2c1C(C(=O)N(CC(F)(F)F)N1CCC(NC(=O)c3cc(Cl)ccc3OC)CC1)c1ccccc1-2. The van der Waals surface area contributed by atoms with Crippen LogP contribution in [0.15, 0.2) is 60.7 Å². The fourth-order valence-electron chi connectivity index (χ4n) is 6.19. The molecule has 0 saturated carbocycles. The molecule has 2 amide bonds. The van der Waals surface area contributed by atoms with Gasteiger partial charge in [-0.15, -0.1) is 0 Å². The zero-order valence-corrected chi connectivity index (χ0v) is 25.0. The summed E-state index contributed by atoms with van der Waals surface area (Å²) < 4.78 is 47.2. The molecule has 0 spiro atoms. The lowest BCUT2D eigenvalue weighted by atomic mass is 9.89. The molecule has 1 N–H and O–H groups in total. The van der Waals surface area contributed by atoms with E-state index in [1.165, 1.54) is 18.2 Å². The number of nitrogens with zero attached hydrogens (tertiary/aromatic N) is 2. The van der Waals surface area contributed by atoms with Crippen LogP contribution in [0, 0.1) is 0 Å². The Bertz CT molecular complexity index is 1490. The Morgan fingerprint density at radius 1 is 1.05 bits per heavy atom. The van der Waals surface area contributed by atoms with Gasteiger partial charge in [-0.3, -0.25) is 14.6 Å². The molecule has 10 heteroatoms. The first kappa shape index (κ1) is 30.9. The molecule has 3 aromatic rings. The van der Waals surface area contributed by atoms with Crippen LogP contribution in [0.3, 0.4) is 0 Å². The highest BCUT2D eigenvalue weighted by Crippen LogP contribution is 2.47. The molecule has 1 aliphatic carbocycles. The number of amides is 2. The van der Waals surface area contributed by atoms with Crippen LogP contribution in [0.25, 0.3) is 11.1 Å². The van der Waals surface area contributed by atoms with Crippen molar-refractivity contribution in [1.82, 2.24) is 15.3 Å². The zero-order valence-electron chi connectivity index (χ0n) is 24.2. The third kappa shape index (κ3) is 6.68. The number of fused-ring (bicyclic) bond motifs is 3. The first-order chi connectivity index (χ1) is 20.6. The highest BCUT2D eigenvalue weighted by atomic mass is 35.5. The van der Waals surface area contributed by atoms with Gasteiger partial charge in [-0.1, -0.05) is 67.4 Å². The quantitative estimate of drug-likeness (QED) is 0.282. The molecule has 6 nitrogen and oxygen atoms in total. The summed E-state index contributed by atoms with van der Waals surface area (Å²) >= 11 is 6.08. The van der Waals surface area contributed by atoms with Crippen LogP contribution in [0.5, 0.6) is 5.75 Å². The van der Waals surface area contributed by atoms with E-state index in [0.717, 1.165) is 52.1 Å². The van der Waals surface area contributed by atoms with E-state index in [0.29, 0.717) is 23.6 Å². The van der Waals surface area contributed by atoms with Crippen molar-refractivity contribution < 1.29 is 27.5 Å². The number of piperidine rings is 1. The van der Waals surface area contributed by atoms with Crippen molar-refractivity contribution in [3.63, 3.8) is 0 Å². The van der Waals surface area contributed by atoms with E-state index in [9.17, 15) is 22.8 Å². The molecule has 1 heterocycles. The van der Waals surface area contributed by atoms with Gasteiger partial charge in [0.25, 0.3) is 5.91 Å². The molecule has 43 heavy (non-hydrogen) atoms. The van der Waals surface area contributed by atoms with Crippen LogP contribution >= 0.6 is 11.6 Å².